The molecule has 0 bridgehead atoms. The summed E-state index contributed by atoms with van der Waals surface area (Å²) in [5.41, 5.74) is 5.95. The van der Waals surface area contributed by atoms with Crippen LogP contribution in [0.4, 0.5) is 5.69 Å². The molecule has 1 N–H and O–H groups in total. The predicted octanol–water partition coefficient (Wildman–Crippen LogP) is 3.77. The normalized spacial score (nSPS) is 19.0. The van der Waals surface area contributed by atoms with E-state index in [-0.39, 0.29) is 5.91 Å². The Morgan fingerprint density at radius 1 is 1.00 bits per heavy atom. The van der Waals surface area contributed by atoms with Crippen LogP contribution < -0.4 is 10.2 Å². The number of anilines is 1. The fraction of sp³-hybridized carbons (Fsp3) is 0.226. The Labute approximate surface area is 244 Å². The van der Waals surface area contributed by atoms with Crippen LogP contribution in [0.15, 0.2) is 78.2 Å². The van der Waals surface area contributed by atoms with Crippen LogP contribution in [0, 0.1) is 0 Å². The van der Waals surface area contributed by atoms with Gasteiger partial charge in [0.1, 0.15) is 17.1 Å². The van der Waals surface area contributed by atoms with Gasteiger partial charge in [-0.05, 0) is 42.8 Å². The smallest absolute Gasteiger partial charge is 0.238 e. The Kier molecular flexibility index (Phi) is 5.43. The van der Waals surface area contributed by atoms with E-state index >= 15 is 0 Å². The van der Waals surface area contributed by atoms with E-state index in [1.807, 2.05) is 72.5 Å². The van der Waals surface area contributed by atoms with Crippen molar-refractivity contribution in [1.82, 2.24) is 33.8 Å². The van der Waals surface area contributed by atoms with Crippen molar-refractivity contribution in [3.8, 4) is 22.4 Å². The number of carbonyl (C=O) groups is 1. The van der Waals surface area contributed by atoms with Crippen molar-refractivity contribution in [3.63, 3.8) is 0 Å². The monoisotopic (exact) mass is 576 g/mol. The molecule has 42 heavy (non-hydrogen) atoms. The van der Waals surface area contributed by atoms with Crippen molar-refractivity contribution in [3.05, 3.63) is 78.9 Å². The summed E-state index contributed by atoms with van der Waals surface area (Å²) in [5, 5.41) is 14.2. The lowest BCUT2D eigenvalue weighted by Crippen LogP contribution is -2.40. The first-order valence-corrected chi connectivity index (χ1v) is 14.9. The lowest BCUT2D eigenvalue weighted by molar-refractivity contribution is -0.122. The van der Waals surface area contributed by atoms with Crippen LogP contribution in [0.5, 0.6) is 0 Å². The third-order valence-electron chi connectivity index (χ3n) is 8.75. The van der Waals surface area contributed by atoms with E-state index < -0.39 is 16.8 Å². The molecule has 1 spiro atoms. The average molecular weight is 577 g/mol. The van der Waals surface area contributed by atoms with Gasteiger partial charge in [-0.15, -0.1) is 3.97 Å². The van der Waals surface area contributed by atoms with Crippen LogP contribution in [-0.4, -0.2) is 59.1 Å². The topological polar surface area (TPSA) is 109 Å². The van der Waals surface area contributed by atoms with Gasteiger partial charge in [0, 0.05) is 61.3 Å². The molecular formula is C31H28N8O2S. The highest BCUT2D eigenvalue weighted by Crippen LogP contribution is 2.53. The van der Waals surface area contributed by atoms with Crippen molar-refractivity contribution in [2.75, 3.05) is 25.0 Å². The number of pyridine rings is 1. The molecule has 2 aliphatic rings. The third kappa shape index (κ3) is 3.35. The largest absolute Gasteiger partial charge is 0.587 e. The number of aryl methyl sites for hydroxylation is 2. The van der Waals surface area contributed by atoms with Crippen LogP contribution in [0.2, 0.25) is 0 Å². The molecule has 1 saturated heterocycles. The molecular weight excluding hydrogens is 548 g/mol. The molecule has 2 aromatic carbocycles. The number of nitrogens with zero attached hydrogens (tertiary/aromatic N) is 7. The molecule has 10 nitrogen and oxygen atoms in total. The van der Waals surface area contributed by atoms with E-state index in [0.717, 1.165) is 56.5 Å². The zero-order valence-corrected chi connectivity index (χ0v) is 24.2. The SMILES string of the molecule is CN1C(=O)C2(CCNC2)c2c1cnc1c2c(-c2ccc3c(cnn3C)c2)c(-c2cnn(C)c2)n1[S+]([O-])c1ccccc1. The number of rotatable bonds is 4. The van der Waals surface area contributed by atoms with Gasteiger partial charge < -0.3 is 14.8 Å². The van der Waals surface area contributed by atoms with Crippen molar-refractivity contribution in [2.24, 2.45) is 14.1 Å². The first-order chi connectivity index (χ1) is 20.4. The summed E-state index contributed by atoms with van der Waals surface area (Å²) in [7, 11) is 5.62. The number of likely N-dealkylation sites (N-methyl/N-ethyl adjacent to an activating group) is 1. The Morgan fingerprint density at radius 2 is 1.83 bits per heavy atom. The van der Waals surface area contributed by atoms with Gasteiger partial charge in [-0.1, -0.05) is 24.3 Å². The van der Waals surface area contributed by atoms with E-state index in [4.69, 9.17) is 4.98 Å². The summed E-state index contributed by atoms with van der Waals surface area (Å²) in [5.74, 6) is 0.0605. The highest BCUT2D eigenvalue weighted by atomic mass is 32.2. The molecule has 11 heteroatoms. The fourth-order valence-electron chi connectivity index (χ4n) is 6.78. The van der Waals surface area contributed by atoms with Gasteiger partial charge >= 0.3 is 0 Å². The quantitative estimate of drug-likeness (QED) is 0.320. The van der Waals surface area contributed by atoms with Crippen molar-refractivity contribution < 1.29 is 9.35 Å². The van der Waals surface area contributed by atoms with Crippen molar-refractivity contribution in [1.29, 1.82) is 0 Å². The second kappa shape index (κ2) is 9.02. The first-order valence-electron chi connectivity index (χ1n) is 13.8. The maximum absolute atomic E-state index is 14.6. The van der Waals surface area contributed by atoms with Crippen LogP contribution in [0.1, 0.15) is 12.0 Å². The minimum Gasteiger partial charge on any atom is -0.587 e. The summed E-state index contributed by atoms with van der Waals surface area (Å²) in [6, 6.07) is 15.7. The third-order valence-corrected chi connectivity index (χ3v) is 10.1. The summed E-state index contributed by atoms with van der Waals surface area (Å²) < 4.78 is 20.0. The molecule has 0 aliphatic carbocycles. The second-order valence-corrected chi connectivity index (χ2v) is 12.4. The minimum absolute atomic E-state index is 0.0605. The van der Waals surface area contributed by atoms with Crippen LogP contribution in [0.25, 0.3) is 44.3 Å². The molecule has 1 fully saturated rings. The van der Waals surface area contributed by atoms with Crippen LogP contribution >= 0.6 is 0 Å². The summed E-state index contributed by atoms with van der Waals surface area (Å²) >= 11 is -1.64. The van der Waals surface area contributed by atoms with E-state index in [1.54, 1.807) is 22.0 Å². The minimum atomic E-state index is -1.64. The van der Waals surface area contributed by atoms with Gasteiger partial charge in [-0.25, -0.2) is 4.98 Å². The first kappa shape index (κ1) is 25.3. The van der Waals surface area contributed by atoms with E-state index in [9.17, 15) is 9.35 Å². The number of aromatic nitrogens is 6. The molecule has 0 radical (unpaired) electrons. The number of fused-ring (bicyclic) bond motifs is 5. The second-order valence-electron chi connectivity index (χ2n) is 11.1. The molecule has 6 heterocycles. The van der Waals surface area contributed by atoms with Crippen LogP contribution in [-0.2, 0) is 35.7 Å². The highest BCUT2D eigenvalue weighted by molar-refractivity contribution is 7.90. The molecule has 6 aromatic rings. The Hall–Kier alpha value is -4.45. The lowest BCUT2D eigenvalue weighted by atomic mass is 9.78. The van der Waals surface area contributed by atoms with Gasteiger partial charge in [0.15, 0.2) is 10.5 Å². The molecule has 2 unspecified atom stereocenters. The maximum atomic E-state index is 14.6. The van der Waals surface area contributed by atoms with E-state index in [2.05, 4.69) is 33.7 Å². The molecule has 0 saturated carbocycles. The summed E-state index contributed by atoms with van der Waals surface area (Å²) in [6.07, 6.45) is 8.03. The van der Waals surface area contributed by atoms with Gasteiger partial charge in [-0.3, -0.25) is 14.2 Å². The Bertz CT molecular complexity index is 2040. The fourth-order valence-corrected chi connectivity index (χ4v) is 8.04. The number of hydrogen-bond acceptors (Lipinski definition) is 6. The van der Waals surface area contributed by atoms with Crippen LogP contribution in [0.3, 0.4) is 0 Å². The van der Waals surface area contributed by atoms with Gasteiger partial charge in [0.05, 0.1) is 35.2 Å². The zero-order valence-electron chi connectivity index (χ0n) is 23.4. The molecule has 8 rings (SSSR count). The molecule has 210 valence electrons. The summed E-state index contributed by atoms with van der Waals surface area (Å²) in [4.78, 5) is 21.3. The van der Waals surface area contributed by atoms with Gasteiger partial charge in [-0.2, -0.15) is 10.2 Å². The molecule has 4 aromatic heterocycles. The van der Waals surface area contributed by atoms with E-state index in [1.165, 1.54) is 0 Å². The van der Waals surface area contributed by atoms with Gasteiger partial charge in [0.2, 0.25) is 5.91 Å². The lowest BCUT2D eigenvalue weighted by Gasteiger charge is -2.22. The molecule has 1 amide bonds. The number of benzene rings is 2. The van der Waals surface area contributed by atoms with Crippen molar-refractivity contribution in [2.45, 2.75) is 16.7 Å². The molecule has 2 aliphatic heterocycles. The van der Waals surface area contributed by atoms with Crippen molar-refractivity contribution >= 4 is 44.9 Å². The maximum Gasteiger partial charge on any atom is 0.238 e. The summed E-state index contributed by atoms with van der Waals surface area (Å²) in [6.45, 7) is 1.28. The van der Waals surface area contributed by atoms with Gasteiger partial charge in [0.25, 0.3) is 0 Å². The highest BCUT2D eigenvalue weighted by Gasteiger charge is 2.53. The Balaban J connectivity index is 1.56. The standard InChI is InChI=1S/C31H28N8O2S/c1-36-17-21(15-34-36)28-25(19-9-10-23-20(13-19)14-35-38(23)3)26-27-24(37(2)30(40)31(27)11-12-32-18-31)16-33-29(26)39(28)42(41)22-7-5-4-6-8-22/h4-10,13-17,32H,11-12,18H2,1-3H3. The number of hydrogen-bond donors (Lipinski definition) is 1. The average Bonchev–Trinajstić information content (AvgIpc) is 3.83. The number of nitrogens with one attached hydrogen (secondary N) is 1. The Morgan fingerprint density at radius 3 is 2.57 bits per heavy atom. The zero-order chi connectivity index (χ0) is 28.7. The number of carbonyl (C=O) groups excluding carboxylic acids is 1. The predicted molar refractivity (Wildman–Crippen MR) is 162 cm³/mol. The molecule has 2 atom stereocenters. The van der Waals surface area contributed by atoms with E-state index in [0.29, 0.717) is 23.5 Å². The number of amides is 1.